The first kappa shape index (κ1) is 16.3. The maximum absolute atomic E-state index is 13.5. The van der Waals surface area contributed by atoms with Gasteiger partial charge in [0.2, 0.25) is 5.88 Å². The molecule has 26 heavy (non-hydrogen) atoms. The molecule has 1 fully saturated rings. The maximum Gasteiger partial charge on any atom is 0.388 e. The number of carbonyl (C=O) groups is 1. The van der Waals surface area contributed by atoms with E-state index in [4.69, 9.17) is 0 Å². The van der Waals surface area contributed by atoms with Gasteiger partial charge in [-0.3, -0.25) is 4.79 Å². The van der Waals surface area contributed by atoms with Gasteiger partial charge in [0.1, 0.15) is 0 Å². The Balaban J connectivity index is 1.85. The fraction of sp³-hybridized carbons (Fsp3) is 0.250. The first-order valence-electron chi connectivity index (χ1n) is 7.77. The van der Waals surface area contributed by atoms with Crippen molar-refractivity contribution >= 4 is 11.6 Å². The van der Waals surface area contributed by atoms with Crippen LogP contribution in [-0.2, 0) is 0 Å². The lowest BCUT2D eigenvalue weighted by Gasteiger charge is -2.07. The molecular formula is C16H12F3N5O2. The lowest BCUT2D eigenvalue weighted by molar-refractivity contribution is -0.0528. The molecule has 1 aliphatic carbocycles. The molecule has 0 radical (unpaired) electrons. The van der Waals surface area contributed by atoms with E-state index in [1.807, 2.05) is 0 Å². The minimum absolute atomic E-state index is 0.0178. The third-order valence-corrected chi connectivity index (χ3v) is 3.80. The normalized spacial score (nSPS) is 14.0. The second-order valence-electron chi connectivity index (χ2n) is 5.77. The summed E-state index contributed by atoms with van der Waals surface area (Å²) in [4.78, 5) is 20.2. The summed E-state index contributed by atoms with van der Waals surface area (Å²) in [5, 5.41) is 6.91. The number of amides is 1. The van der Waals surface area contributed by atoms with Gasteiger partial charge in [-0.1, -0.05) is 0 Å². The molecule has 3 heterocycles. The molecular weight excluding hydrogens is 351 g/mol. The van der Waals surface area contributed by atoms with Crippen molar-refractivity contribution in [3.05, 3.63) is 42.2 Å². The molecule has 0 saturated heterocycles. The van der Waals surface area contributed by atoms with Crippen LogP contribution in [0.15, 0.2) is 30.7 Å². The summed E-state index contributed by atoms with van der Waals surface area (Å²) < 4.78 is 43.8. The van der Waals surface area contributed by atoms with Crippen LogP contribution in [0.3, 0.4) is 0 Å². The summed E-state index contributed by atoms with van der Waals surface area (Å²) in [7, 11) is 0. The van der Waals surface area contributed by atoms with Crippen molar-refractivity contribution in [2.75, 3.05) is 0 Å². The van der Waals surface area contributed by atoms with Gasteiger partial charge in [0.15, 0.2) is 17.2 Å². The van der Waals surface area contributed by atoms with Crippen molar-refractivity contribution in [2.45, 2.75) is 25.5 Å². The van der Waals surface area contributed by atoms with Crippen LogP contribution in [0.4, 0.5) is 13.2 Å². The standard InChI is InChI=1S/C16H12F3N5O2/c17-9-6-21-14-12(8-3-4-20-11(5-8)26-16(18)19)13(23-24(14)7-9)15(25)22-10-1-2-10/h3-7,10,16H,1-2H2,(H,22,25). The number of fused-ring (bicyclic) bond motifs is 1. The van der Waals surface area contributed by atoms with Gasteiger partial charge in [-0.05, 0) is 24.5 Å². The van der Waals surface area contributed by atoms with Crippen LogP contribution < -0.4 is 10.1 Å². The van der Waals surface area contributed by atoms with E-state index in [2.05, 4.69) is 25.1 Å². The van der Waals surface area contributed by atoms with Crippen LogP contribution in [0.1, 0.15) is 23.3 Å². The number of alkyl halides is 2. The fourth-order valence-electron chi connectivity index (χ4n) is 2.54. The van der Waals surface area contributed by atoms with Gasteiger partial charge >= 0.3 is 6.61 Å². The molecule has 0 atom stereocenters. The van der Waals surface area contributed by atoms with Crippen molar-refractivity contribution in [2.24, 2.45) is 0 Å². The molecule has 0 bridgehead atoms. The van der Waals surface area contributed by atoms with Crippen LogP contribution in [-0.4, -0.2) is 38.1 Å². The minimum atomic E-state index is -3.04. The number of halogens is 3. The summed E-state index contributed by atoms with van der Waals surface area (Å²) in [5.74, 6) is -1.38. The molecule has 0 spiro atoms. The zero-order chi connectivity index (χ0) is 18.3. The Morgan fingerprint density at radius 1 is 1.35 bits per heavy atom. The van der Waals surface area contributed by atoms with E-state index in [1.54, 1.807) is 0 Å². The molecule has 1 saturated carbocycles. The highest BCUT2D eigenvalue weighted by molar-refractivity contribution is 6.03. The molecule has 134 valence electrons. The van der Waals surface area contributed by atoms with E-state index >= 15 is 0 Å². The van der Waals surface area contributed by atoms with Crippen LogP contribution in [0.25, 0.3) is 16.8 Å². The molecule has 0 aliphatic heterocycles. The number of carbonyl (C=O) groups excluding carboxylic acids is 1. The average Bonchev–Trinajstić information content (AvgIpc) is 3.31. The highest BCUT2D eigenvalue weighted by atomic mass is 19.3. The van der Waals surface area contributed by atoms with Gasteiger partial charge in [-0.15, -0.1) is 0 Å². The quantitative estimate of drug-likeness (QED) is 0.753. The van der Waals surface area contributed by atoms with Crippen molar-refractivity contribution in [3.8, 4) is 17.0 Å². The Morgan fingerprint density at radius 2 is 2.15 bits per heavy atom. The van der Waals surface area contributed by atoms with E-state index in [0.717, 1.165) is 29.8 Å². The molecule has 1 N–H and O–H groups in total. The lowest BCUT2D eigenvalue weighted by Crippen LogP contribution is -2.26. The van der Waals surface area contributed by atoms with Gasteiger partial charge < -0.3 is 10.1 Å². The van der Waals surface area contributed by atoms with E-state index in [-0.39, 0.29) is 28.8 Å². The molecule has 1 amide bonds. The van der Waals surface area contributed by atoms with Crippen molar-refractivity contribution < 1.29 is 22.7 Å². The SMILES string of the molecule is O=C(NC1CC1)c1nn2cc(F)cnc2c1-c1ccnc(OC(F)F)c1. The molecule has 3 aromatic rings. The highest BCUT2D eigenvalue weighted by Gasteiger charge is 2.28. The Labute approximate surface area is 144 Å². The minimum Gasteiger partial charge on any atom is -0.417 e. The van der Waals surface area contributed by atoms with Gasteiger partial charge in [0, 0.05) is 18.3 Å². The zero-order valence-electron chi connectivity index (χ0n) is 13.2. The third kappa shape index (κ3) is 3.17. The van der Waals surface area contributed by atoms with Gasteiger partial charge in [-0.2, -0.15) is 13.9 Å². The molecule has 0 aromatic carbocycles. The predicted molar refractivity (Wildman–Crippen MR) is 83.3 cm³/mol. The summed E-state index contributed by atoms with van der Waals surface area (Å²) in [5.41, 5.74) is 0.862. The topological polar surface area (TPSA) is 81.4 Å². The van der Waals surface area contributed by atoms with Crippen LogP contribution in [0.2, 0.25) is 0 Å². The van der Waals surface area contributed by atoms with E-state index in [9.17, 15) is 18.0 Å². The smallest absolute Gasteiger partial charge is 0.388 e. The molecule has 4 rings (SSSR count). The first-order chi connectivity index (χ1) is 12.5. The second-order valence-corrected chi connectivity index (χ2v) is 5.77. The van der Waals surface area contributed by atoms with Crippen molar-refractivity contribution in [1.82, 2.24) is 24.9 Å². The van der Waals surface area contributed by atoms with Gasteiger partial charge in [0.05, 0.1) is 18.0 Å². The Kier molecular flexibility index (Phi) is 3.94. The number of hydrogen-bond acceptors (Lipinski definition) is 5. The van der Waals surface area contributed by atoms with E-state index in [1.165, 1.54) is 18.3 Å². The molecule has 0 unspecified atom stereocenters. The van der Waals surface area contributed by atoms with E-state index in [0.29, 0.717) is 5.56 Å². The number of aromatic nitrogens is 4. The Bertz CT molecular complexity index is 987. The van der Waals surface area contributed by atoms with Gasteiger partial charge in [-0.25, -0.2) is 18.9 Å². The molecule has 3 aromatic heterocycles. The number of hydrogen-bond donors (Lipinski definition) is 1. The number of rotatable bonds is 5. The molecule has 1 aliphatic rings. The van der Waals surface area contributed by atoms with Crippen LogP contribution in [0, 0.1) is 5.82 Å². The molecule has 7 nitrogen and oxygen atoms in total. The summed E-state index contributed by atoms with van der Waals surface area (Å²) in [6.45, 7) is -3.04. The van der Waals surface area contributed by atoms with Crippen LogP contribution >= 0.6 is 0 Å². The fourth-order valence-corrected chi connectivity index (χ4v) is 2.54. The Hall–Kier alpha value is -3.17. The monoisotopic (exact) mass is 363 g/mol. The first-order valence-corrected chi connectivity index (χ1v) is 7.77. The number of nitrogens with one attached hydrogen (secondary N) is 1. The van der Waals surface area contributed by atoms with Crippen molar-refractivity contribution in [1.29, 1.82) is 0 Å². The zero-order valence-corrected chi connectivity index (χ0v) is 13.2. The average molecular weight is 363 g/mol. The highest BCUT2D eigenvalue weighted by Crippen LogP contribution is 2.30. The maximum atomic E-state index is 13.5. The lowest BCUT2D eigenvalue weighted by atomic mass is 10.1. The largest absolute Gasteiger partial charge is 0.417 e. The summed E-state index contributed by atoms with van der Waals surface area (Å²) in [6.07, 6.45) is 5.09. The second kappa shape index (κ2) is 6.28. The Morgan fingerprint density at radius 3 is 2.88 bits per heavy atom. The number of nitrogens with zero attached hydrogens (tertiary/aromatic N) is 4. The predicted octanol–water partition coefficient (Wildman–Crippen LogP) is 2.42. The number of pyridine rings is 1. The molecule has 10 heteroatoms. The number of ether oxygens (including phenoxy) is 1. The van der Waals surface area contributed by atoms with E-state index < -0.39 is 18.3 Å². The van der Waals surface area contributed by atoms with Crippen LogP contribution in [0.5, 0.6) is 5.88 Å². The third-order valence-electron chi connectivity index (χ3n) is 3.80. The summed E-state index contributed by atoms with van der Waals surface area (Å²) >= 11 is 0. The van der Waals surface area contributed by atoms with Gasteiger partial charge in [0.25, 0.3) is 5.91 Å². The van der Waals surface area contributed by atoms with Crippen molar-refractivity contribution in [3.63, 3.8) is 0 Å². The summed E-state index contributed by atoms with van der Waals surface area (Å²) in [6, 6.07) is 2.84.